The molecule has 0 saturated heterocycles. The first-order chi connectivity index (χ1) is 10.8. The number of fused-ring (bicyclic) bond motifs is 1. The Bertz CT molecular complexity index is 787. The number of hydrogen-bond acceptors (Lipinski definition) is 6. The first-order valence-corrected chi connectivity index (χ1v) is 7.82. The molecule has 2 aromatic heterocycles. The number of anilines is 1. The molecule has 0 unspecified atom stereocenters. The quantitative estimate of drug-likeness (QED) is 0.732. The second-order valence-electron chi connectivity index (χ2n) is 4.68. The Labute approximate surface area is 132 Å². The number of methoxy groups -OCH3 is 1. The van der Waals surface area contributed by atoms with Crippen LogP contribution in [-0.4, -0.2) is 29.6 Å². The van der Waals surface area contributed by atoms with Crippen LogP contribution in [0.25, 0.3) is 22.3 Å². The van der Waals surface area contributed by atoms with E-state index in [1.54, 1.807) is 11.3 Å². The van der Waals surface area contributed by atoms with E-state index in [1.165, 1.54) is 7.11 Å². The lowest BCUT2D eigenvalue weighted by molar-refractivity contribution is -0.140. The summed E-state index contributed by atoms with van der Waals surface area (Å²) in [6.45, 7) is 0.469. The van der Waals surface area contributed by atoms with Gasteiger partial charge in [-0.2, -0.15) is 11.3 Å². The van der Waals surface area contributed by atoms with Crippen molar-refractivity contribution in [3.8, 4) is 11.4 Å². The van der Waals surface area contributed by atoms with Gasteiger partial charge in [0.2, 0.25) is 0 Å². The van der Waals surface area contributed by atoms with Crippen molar-refractivity contribution < 1.29 is 9.53 Å². The normalized spacial score (nSPS) is 10.6. The van der Waals surface area contributed by atoms with Gasteiger partial charge in [0.25, 0.3) is 0 Å². The summed E-state index contributed by atoms with van der Waals surface area (Å²) in [4.78, 5) is 20.4. The predicted octanol–water partition coefficient (Wildman–Crippen LogP) is 3.33. The number of benzene rings is 1. The van der Waals surface area contributed by atoms with Gasteiger partial charge in [-0.05, 0) is 23.6 Å². The molecule has 6 heteroatoms. The molecule has 112 valence electrons. The minimum atomic E-state index is -0.246. The number of para-hydroxylation sites is 1. The summed E-state index contributed by atoms with van der Waals surface area (Å²) in [6, 6.07) is 9.81. The lowest BCUT2D eigenvalue weighted by Crippen LogP contribution is -2.11. The van der Waals surface area contributed by atoms with Crippen molar-refractivity contribution in [2.24, 2.45) is 0 Å². The minimum Gasteiger partial charge on any atom is -0.469 e. The highest BCUT2D eigenvalue weighted by atomic mass is 32.1. The number of hydrogen-bond donors (Lipinski definition) is 1. The zero-order valence-corrected chi connectivity index (χ0v) is 12.9. The SMILES string of the molecule is COC(=O)CCNc1nc(-c2ccsc2)nc2ccccc12. The maximum Gasteiger partial charge on any atom is 0.307 e. The first-order valence-electron chi connectivity index (χ1n) is 6.88. The van der Waals surface area contributed by atoms with Gasteiger partial charge in [0, 0.05) is 22.9 Å². The highest BCUT2D eigenvalue weighted by Crippen LogP contribution is 2.25. The summed E-state index contributed by atoms with van der Waals surface area (Å²) < 4.78 is 4.65. The molecule has 0 radical (unpaired) electrons. The summed E-state index contributed by atoms with van der Waals surface area (Å²) in [7, 11) is 1.39. The summed E-state index contributed by atoms with van der Waals surface area (Å²) in [5.74, 6) is 1.17. The van der Waals surface area contributed by atoms with Gasteiger partial charge in [-0.3, -0.25) is 4.79 Å². The van der Waals surface area contributed by atoms with Gasteiger partial charge in [-0.15, -0.1) is 0 Å². The fraction of sp³-hybridized carbons (Fsp3) is 0.188. The maximum atomic E-state index is 11.2. The molecule has 0 bridgehead atoms. The molecule has 1 aromatic carbocycles. The van der Waals surface area contributed by atoms with Crippen molar-refractivity contribution in [1.82, 2.24) is 9.97 Å². The molecule has 5 nitrogen and oxygen atoms in total. The molecular formula is C16H15N3O2S. The average molecular weight is 313 g/mol. The Morgan fingerprint density at radius 1 is 1.27 bits per heavy atom. The highest BCUT2D eigenvalue weighted by Gasteiger charge is 2.10. The maximum absolute atomic E-state index is 11.2. The molecule has 0 spiro atoms. The fourth-order valence-electron chi connectivity index (χ4n) is 2.12. The van der Waals surface area contributed by atoms with E-state index in [1.807, 2.05) is 41.1 Å². The van der Waals surface area contributed by atoms with Gasteiger partial charge in [0.15, 0.2) is 5.82 Å². The Morgan fingerprint density at radius 2 is 2.14 bits per heavy atom. The van der Waals surface area contributed by atoms with Crippen molar-refractivity contribution in [2.75, 3.05) is 19.0 Å². The summed E-state index contributed by atoms with van der Waals surface area (Å²) in [5.41, 5.74) is 1.87. The molecular weight excluding hydrogens is 298 g/mol. The molecule has 0 aliphatic heterocycles. The average Bonchev–Trinajstić information content (AvgIpc) is 3.09. The summed E-state index contributed by atoms with van der Waals surface area (Å²) >= 11 is 1.61. The zero-order chi connectivity index (χ0) is 15.4. The smallest absolute Gasteiger partial charge is 0.307 e. The zero-order valence-electron chi connectivity index (χ0n) is 12.1. The van der Waals surface area contributed by atoms with Crippen molar-refractivity contribution >= 4 is 34.0 Å². The van der Waals surface area contributed by atoms with E-state index >= 15 is 0 Å². The Morgan fingerprint density at radius 3 is 2.91 bits per heavy atom. The van der Waals surface area contributed by atoms with E-state index in [0.717, 1.165) is 22.3 Å². The van der Waals surface area contributed by atoms with Crippen LogP contribution in [0.1, 0.15) is 6.42 Å². The molecule has 3 aromatic rings. The summed E-state index contributed by atoms with van der Waals surface area (Å²) in [5, 5.41) is 8.16. The number of thiophene rings is 1. The van der Waals surface area contributed by atoms with Crippen molar-refractivity contribution in [1.29, 1.82) is 0 Å². The molecule has 0 aliphatic rings. The van der Waals surface area contributed by atoms with Crippen molar-refractivity contribution in [2.45, 2.75) is 6.42 Å². The number of ether oxygens (including phenoxy) is 1. The Kier molecular flexibility index (Phi) is 4.29. The van der Waals surface area contributed by atoms with E-state index in [9.17, 15) is 4.79 Å². The highest BCUT2D eigenvalue weighted by molar-refractivity contribution is 7.08. The van der Waals surface area contributed by atoms with E-state index in [-0.39, 0.29) is 5.97 Å². The third-order valence-corrected chi connectivity index (χ3v) is 3.92. The Balaban J connectivity index is 1.94. The topological polar surface area (TPSA) is 64.1 Å². The van der Waals surface area contributed by atoms with Gasteiger partial charge in [-0.25, -0.2) is 9.97 Å². The Hall–Kier alpha value is -2.47. The minimum absolute atomic E-state index is 0.246. The van der Waals surface area contributed by atoms with Gasteiger partial charge >= 0.3 is 5.97 Å². The molecule has 0 fully saturated rings. The number of nitrogens with one attached hydrogen (secondary N) is 1. The lowest BCUT2D eigenvalue weighted by atomic mass is 10.2. The van der Waals surface area contributed by atoms with Crippen LogP contribution in [0.2, 0.25) is 0 Å². The lowest BCUT2D eigenvalue weighted by Gasteiger charge is -2.10. The largest absolute Gasteiger partial charge is 0.469 e. The third-order valence-electron chi connectivity index (χ3n) is 3.23. The third kappa shape index (κ3) is 3.07. The first kappa shape index (κ1) is 14.5. The number of aromatic nitrogens is 2. The fourth-order valence-corrected chi connectivity index (χ4v) is 2.75. The summed E-state index contributed by atoms with van der Waals surface area (Å²) in [6.07, 6.45) is 0.294. The van der Waals surface area contributed by atoms with Crippen LogP contribution in [0.15, 0.2) is 41.1 Å². The van der Waals surface area contributed by atoms with E-state index in [4.69, 9.17) is 0 Å². The van der Waals surface area contributed by atoms with Gasteiger partial charge in [0.1, 0.15) is 5.82 Å². The second-order valence-corrected chi connectivity index (χ2v) is 5.46. The van der Waals surface area contributed by atoms with E-state index < -0.39 is 0 Å². The molecule has 0 amide bonds. The van der Waals surface area contributed by atoms with Crippen LogP contribution in [0.3, 0.4) is 0 Å². The standard InChI is InChI=1S/C16H15N3O2S/c1-21-14(20)6-8-17-16-12-4-2-3-5-13(12)18-15(19-16)11-7-9-22-10-11/h2-5,7,9-10H,6,8H2,1H3,(H,17,18,19). The molecule has 0 saturated carbocycles. The van der Waals surface area contributed by atoms with Crippen LogP contribution in [0, 0.1) is 0 Å². The van der Waals surface area contributed by atoms with Gasteiger partial charge in [0.05, 0.1) is 19.0 Å². The number of carbonyl (C=O) groups is 1. The molecule has 2 heterocycles. The van der Waals surface area contributed by atoms with Crippen LogP contribution in [0.5, 0.6) is 0 Å². The number of carbonyl (C=O) groups excluding carboxylic acids is 1. The predicted molar refractivity (Wildman–Crippen MR) is 88.0 cm³/mol. The van der Waals surface area contributed by atoms with Crippen LogP contribution in [-0.2, 0) is 9.53 Å². The molecule has 1 N–H and O–H groups in total. The number of nitrogens with zero attached hydrogens (tertiary/aromatic N) is 2. The van der Waals surface area contributed by atoms with Crippen molar-refractivity contribution in [3.05, 3.63) is 41.1 Å². The van der Waals surface area contributed by atoms with Crippen LogP contribution in [0.4, 0.5) is 5.82 Å². The van der Waals surface area contributed by atoms with Crippen LogP contribution < -0.4 is 5.32 Å². The van der Waals surface area contributed by atoms with E-state index in [2.05, 4.69) is 20.0 Å². The van der Waals surface area contributed by atoms with Crippen LogP contribution >= 0.6 is 11.3 Å². The van der Waals surface area contributed by atoms with Crippen molar-refractivity contribution in [3.63, 3.8) is 0 Å². The molecule has 0 aliphatic carbocycles. The molecule has 3 rings (SSSR count). The monoisotopic (exact) mass is 313 g/mol. The number of rotatable bonds is 5. The van der Waals surface area contributed by atoms with E-state index in [0.29, 0.717) is 18.8 Å². The van der Waals surface area contributed by atoms with Gasteiger partial charge in [-0.1, -0.05) is 12.1 Å². The molecule has 0 atom stereocenters. The number of esters is 1. The molecule has 22 heavy (non-hydrogen) atoms. The van der Waals surface area contributed by atoms with Gasteiger partial charge < -0.3 is 10.1 Å². The second kappa shape index (κ2) is 6.53.